The molecular weight excluding hydrogens is 194 g/mol. The average Bonchev–Trinajstić information content (AvgIpc) is 2.40. The van der Waals surface area contributed by atoms with E-state index >= 15 is 0 Å². The van der Waals surface area contributed by atoms with E-state index in [0.717, 1.165) is 0 Å². The fourth-order valence-electron chi connectivity index (χ4n) is 2.53. The van der Waals surface area contributed by atoms with E-state index in [2.05, 4.69) is 64.9 Å². The van der Waals surface area contributed by atoms with Crippen LogP contribution in [0.2, 0.25) is 0 Å². The van der Waals surface area contributed by atoms with Gasteiger partial charge in [0.25, 0.3) is 0 Å². The first-order valence-electron chi connectivity index (χ1n) is 5.86. The highest BCUT2D eigenvalue weighted by atomic mass is 15.1. The maximum absolute atomic E-state index is 2.33. The number of allylic oxidation sites excluding steroid dienone is 2. The summed E-state index contributed by atoms with van der Waals surface area (Å²) in [5, 5.41) is 0. The molecule has 0 aromatic heterocycles. The summed E-state index contributed by atoms with van der Waals surface area (Å²) in [5.74, 6) is 0. The van der Waals surface area contributed by atoms with E-state index in [9.17, 15) is 0 Å². The van der Waals surface area contributed by atoms with Crippen LogP contribution in [0.1, 0.15) is 38.8 Å². The van der Waals surface area contributed by atoms with E-state index in [1.54, 1.807) is 0 Å². The van der Waals surface area contributed by atoms with Gasteiger partial charge >= 0.3 is 0 Å². The van der Waals surface area contributed by atoms with E-state index in [-0.39, 0.29) is 5.41 Å². The zero-order valence-corrected chi connectivity index (χ0v) is 11.2. The quantitative estimate of drug-likeness (QED) is 0.688. The molecular formula is C15H21N. The average molecular weight is 215 g/mol. The summed E-state index contributed by atoms with van der Waals surface area (Å²) < 4.78 is 0. The Morgan fingerprint density at radius 2 is 1.69 bits per heavy atom. The van der Waals surface area contributed by atoms with E-state index in [1.165, 1.54) is 28.0 Å². The van der Waals surface area contributed by atoms with Crippen molar-refractivity contribution < 1.29 is 0 Å². The smallest absolute Gasteiger partial charge is 0.0364 e. The third-order valence-corrected chi connectivity index (χ3v) is 4.10. The summed E-state index contributed by atoms with van der Waals surface area (Å²) in [6, 6.07) is 6.80. The van der Waals surface area contributed by atoms with Crippen LogP contribution < -0.4 is 4.90 Å². The van der Waals surface area contributed by atoms with Gasteiger partial charge in [0.1, 0.15) is 0 Å². The van der Waals surface area contributed by atoms with Crippen LogP contribution in [0.25, 0.3) is 5.57 Å². The van der Waals surface area contributed by atoms with Crippen molar-refractivity contribution >= 4 is 11.3 Å². The van der Waals surface area contributed by atoms with Crippen molar-refractivity contribution in [2.45, 2.75) is 33.1 Å². The Balaban J connectivity index is 2.63. The van der Waals surface area contributed by atoms with Crippen molar-refractivity contribution in [3.05, 3.63) is 34.9 Å². The number of benzene rings is 1. The molecule has 0 radical (unpaired) electrons. The molecule has 2 rings (SSSR count). The summed E-state index contributed by atoms with van der Waals surface area (Å²) >= 11 is 0. The summed E-state index contributed by atoms with van der Waals surface area (Å²) in [6.45, 7) is 9.12. The van der Waals surface area contributed by atoms with Gasteiger partial charge in [-0.2, -0.15) is 0 Å². The SMILES string of the molecule is CC1=C(C)C(C)(C)c2cc(N(C)C)ccc21. The third-order valence-electron chi connectivity index (χ3n) is 4.10. The monoisotopic (exact) mass is 215 g/mol. The van der Waals surface area contributed by atoms with Crippen molar-refractivity contribution in [1.29, 1.82) is 0 Å². The Labute approximate surface area is 98.8 Å². The maximum atomic E-state index is 2.33. The highest BCUT2D eigenvalue weighted by Gasteiger charge is 2.33. The minimum atomic E-state index is 0.186. The van der Waals surface area contributed by atoms with E-state index in [0.29, 0.717) is 0 Å². The molecule has 0 amide bonds. The van der Waals surface area contributed by atoms with Crippen LogP contribution >= 0.6 is 0 Å². The van der Waals surface area contributed by atoms with Crippen LogP contribution in [0.5, 0.6) is 0 Å². The van der Waals surface area contributed by atoms with Crippen LogP contribution in [0.3, 0.4) is 0 Å². The molecule has 0 saturated heterocycles. The number of hydrogen-bond donors (Lipinski definition) is 0. The molecule has 1 heteroatoms. The normalized spacial score (nSPS) is 17.6. The van der Waals surface area contributed by atoms with Gasteiger partial charge in [-0.1, -0.05) is 25.5 Å². The van der Waals surface area contributed by atoms with Gasteiger partial charge < -0.3 is 4.90 Å². The molecule has 0 bridgehead atoms. The van der Waals surface area contributed by atoms with Crippen LogP contribution in [-0.4, -0.2) is 14.1 Å². The molecule has 0 N–H and O–H groups in total. The lowest BCUT2D eigenvalue weighted by molar-refractivity contribution is 0.639. The number of fused-ring (bicyclic) bond motifs is 1. The molecule has 1 aromatic rings. The Bertz CT molecular complexity index is 464. The van der Waals surface area contributed by atoms with E-state index < -0.39 is 0 Å². The van der Waals surface area contributed by atoms with Crippen molar-refractivity contribution in [1.82, 2.24) is 0 Å². The lowest BCUT2D eigenvalue weighted by Gasteiger charge is -2.24. The molecule has 1 aromatic carbocycles. The summed E-state index contributed by atoms with van der Waals surface area (Å²) in [6.07, 6.45) is 0. The Morgan fingerprint density at radius 3 is 2.25 bits per heavy atom. The first-order chi connectivity index (χ1) is 7.35. The van der Waals surface area contributed by atoms with E-state index in [1.807, 2.05) is 0 Å². The summed E-state index contributed by atoms with van der Waals surface area (Å²) in [7, 11) is 4.19. The molecule has 0 unspecified atom stereocenters. The number of hydrogen-bond acceptors (Lipinski definition) is 1. The predicted octanol–water partition coefficient (Wildman–Crippen LogP) is 3.84. The fraction of sp³-hybridized carbons (Fsp3) is 0.467. The van der Waals surface area contributed by atoms with Crippen LogP contribution in [0, 0.1) is 0 Å². The van der Waals surface area contributed by atoms with Gasteiger partial charge in [-0.05, 0) is 42.7 Å². The van der Waals surface area contributed by atoms with Crippen molar-refractivity contribution in [2.24, 2.45) is 0 Å². The third kappa shape index (κ3) is 1.38. The van der Waals surface area contributed by atoms with Crippen molar-refractivity contribution in [3.8, 4) is 0 Å². The number of nitrogens with zero attached hydrogens (tertiary/aromatic N) is 1. The first kappa shape index (κ1) is 11.3. The van der Waals surface area contributed by atoms with Gasteiger partial charge in [0.05, 0.1) is 0 Å². The van der Waals surface area contributed by atoms with Gasteiger partial charge in [-0.15, -0.1) is 0 Å². The highest BCUT2D eigenvalue weighted by Crippen LogP contribution is 2.46. The Hall–Kier alpha value is -1.24. The van der Waals surface area contributed by atoms with Gasteiger partial charge in [0.2, 0.25) is 0 Å². The minimum absolute atomic E-state index is 0.186. The van der Waals surface area contributed by atoms with Crippen molar-refractivity contribution in [2.75, 3.05) is 19.0 Å². The molecule has 0 atom stereocenters. The lowest BCUT2D eigenvalue weighted by Crippen LogP contribution is -2.17. The fourth-order valence-corrected chi connectivity index (χ4v) is 2.53. The topological polar surface area (TPSA) is 3.24 Å². The van der Waals surface area contributed by atoms with Crippen molar-refractivity contribution in [3.63, 3.8) is 0 Å². The second-order valence-electron chi connectivity index (χ2n) is 5.50. The molecule has 1 aliphatic carbocycles. The molecule has 0 spiro atoms. The largest absolute Gasteiger partial charge is 0.378 e. The molecule has 86 valence electrons. The second-order valence-corrected chi connectivity index (χ2v) is 5.50. The standard InChI is InChI=1S/C15H21N/c1-10-11(2)15(3,4)14-9-12(16(5)6)7-8-13(10)14/h7-9H,1-6H3. The summed E-state index contributed by atoms with van der Waals surface area (Å²) in [5.41, 5.74) is 7.31. The minimum Gasteiger partial charge on any atom is -0.378 e. The first-order valence-corrected chi connectivity index (χ1v) is 5.86. The Kier molecular flexibility index (Phi) is 2.37. The van der Waals surface area contributed by atoms with Gasteiger partial charge in [-0.3, -0.25) is 0 Å². The lowest BCUT2D eigenvalue weighted by atomic mass is 9.82. The van der Waals surface area contributed by atoms with Gasteiger partial charge in [0.15, 0.2) is 0 Å². The maximum Gasteiger partial charge on any atom is 0.0364 e. The molecule has 1 aliphatic rings. The zero-order valence-electron chi connectivity index (χ0n) is 11.2. The number of anilines is 1. The molecule has 0 heterocycles. The van der Waals surface area contributed by atoms with Crippen LogP contribution in [-0.2, 0) is 5.41 Å². The van der Waals surface area contributed by atoms with Gasteiger partial charge in [-0.25, -0.2) is 0 Å². The highest BCUT2D eigenvalue weighted by molar-refractivity contribution is 5.80. The Morgan fingerprint density at radius 1 is 1.06 bits per heavy atom. The molecule has 1 nitrogen and oxygen atoms in total. The molecule has 16 heavy (non-hydrogen) atoms. The van der Waals surface area contributed by atoms with Crippen LogP contribution in [0.4, 0.5) is 5.69 Å². The zero-order chi connectivity index (χ0) is 12.1. The summed E-state index contributed by atoms with van der Waals surface area (Å²) in [4.78, 5) is 2.17. The molecule has 0 saturated carbocycles. The van der Waals surface area contributed by atoms with Gasteiger partial charge in [0, 0.05) is 25.2 Å². The van der Waals surface area contributed by atoms with E-state index in [4.69, 9.17) is 0 Å². The number of rotatable bonds is 1. The molecule has 0 fully saturated rings. The predicted molar refractivity (Wildman–Crippen MR) is 72.1 cm³/mol. The van der Waals surface area contributed by atoms with Crippen LogP contribution in [0.15, 0.2) is 23.8 Å². The second kappa shape index (κ2) is 3.38. The molecule has 0 aliphatic heterocycles.